The van der Waals surface area contributed by atoms with Crippen molar-refractivity contribution in [1.29, 1.82) is 0 Å². The second kappa shape index (κ2) is 21.6. The van der Waals surface area contributed by atoms with Crippen molar-refractivity contribution in [2.75, 3.05) is 32.9 Å². The summed E-state index contributed by atoms with van der Waals surface area (Å²) in [6.07, 6.45) is 13.0. The van der Waals surface area contributed by atoms with E-state index in [2.05, 4.69) is 11.4 Å². The zero-order valence-electron chi connectivity index (χ0n) is 22.1. The molecule has 0 fully saturated rings. The normalized spacial score (nSPS) is 11.2. The molecule has 0 aliphatic heterocycles. The SMILES string of the molecule is CCCCCCCCCCOc1cccc(CCC(=O)N(CCCCCO)CCOP(=O)(O)O)c1.N. The van der Waals surface area contributed by atoms with Crippen LogP contribution in [0.25, 0.3) is 0 Å². The molecule has 0 radical (unpaired) electrons. The number of aryl methyl sites for hydroxylation is 1. The lowest BCUT2D eigenvalue weighted by Crippen LogP contribution is -2.35. The van der Waals surface area contributed by atoms with E-state index >= 15 is 0 Å². The van der Waals surface area contributed by atoms with Gasteiger partial charge in [-0.15, -0.1) is 0 Å². The van der Waals surface area contributed by atoms with Gasteiger partial charge in [-0.3, -0.25) is 9.32 Å². The second-order valence-electron chi connectivity index (χ2n) is 8.96. The predicted molar refractivity (Wildman–Crippen MR) is 143 cm³/mol. The standard InChI is InChI=1S/C26H46NO7P.H3N/c1-2-3-4-5-6-7-8-12-21-33-25-15-13-14-24(23-25)16-17-26(29)27(18-10-9-11-20-28)19-22-34-35(30,31)32;/h13-15,23,28H,2-12,16-22H2,1H3,(H2,30,31,32);1H3. The van der Waals surface area contributed by atoms with Gasteiger partial charge in [0.05, 0.1) is 13.2 Å². The van der Waals surface area contributed by atoms with Crippen LogP contribution in [-0.2, 0) is 20.3 Å². The maximum absolute atomic E-state index is 12.8. The van der Waals surface area contributed by atoms with E-state index in [4.69, 9.17) is 19.6 Å². The van der Waals surface area contributed by atoms with Gasteiger partial charge in [-0.25, -0.2) is 4.57 Å². The van der Waals surface area contributed by atoms with Crippen molar-refractivity contribution in [3.63, 3.8) is 0 Å². The first kappa shape index (κ1) is 34.5. The Balaban J connectivity index is 0.0000122. The predicted octanol–water partition coefficient (Wildman–Crippen LogP) is 5.40. The molecule has 0 unspecified atom stereocenters. The van der Waals surface area contributed by atoms with E-state index in [1.807, 2.05) is 24.3 Å². The van der Waals surface area contributed by atoms with E-state index in [-0.39, 0.29) is 38.2 Å². The first-order valence-corrected chi connectivity index (χ1v) is 14.7. The lowest BCUT2D eigenvalue weighted by molar-refractivity contribution is -0.131. The highest BCUT2D eigenvalue weighted by atomic mass is 31.2. The van der Waals surface area contributed by atoms with Gasteiger partial charge >= 0.3 is 7.82 Å². The minimum Gasteiger partial charge on any atom is -0.494 e. The average molecular weight is 533 g/mol. The van der Waals surface area contributed by atoms with Crippen LogP contribution < -0.4 is 10.9 Å². The van der Waals surface area contributed by atoms with Crippen LogP contribution in [0, 0.1) is 0 Å². The molecule has 0 aliphatic rings. The lowest BCUT2D eigenvalue weighted by Gasteiger charge is -2.23. The number of ether oxygens (including phenoxy) is 1. The van der Waals surface area contributed by atoms with Gasteiger partial charge in [0.1, 0.15) is 5.75 Å². The van der Waals surface area contributed by atoms with Crippen LogP contribution in [0.3, 0.4) is 0 Å². The topological polar surface area (TPSA) is 152 Å². The molecule has 10 heteroatoms. The Labute approximate surface area is 217 Å². The molecular formula is C26H49N2O7P. The molecule has 0 aliphatic carbocycles. The molecule has 1 aromatic carbocycles. The number of carbonyl (C=O) groups is 1. The number of aliphatic hydroxyl groups excluding tert-OH is 1. The molecule has 1 aromatic rings. The number of carbonyl (C=O) groups excluding carboxylic acids is 1. The first-order valence-electron chi connectivity index (χ1n) is 13.2. The van der Waals surface area contributed by atoms with E-state index in [9.17, 15) is 9.36 Å². The highest BCUT2D eigenvalue weighted by Crippen LogP contribution is 2.35. The summed E-state index contributed by atoms with van der Waals surface area (Å²) in [5.41, 5.74) is 1.01. The zero-order valence-corrected chi connectivity index (χ0v) is 23.0. The molecule has 0 heterocycles. The molecule has 0 atom stereocenters. The molecule has 1 rings (SSSR count). The first-order chi connectivity index (χ1) is 16.9. The van der Waals surface area contributed by atoms with E-state index in [0.717, 1.165) is 24.2 Å². The van der Waals surface area contributed by atoms with E-state index in [1.54, 1.807) is 4.90 Å². The molecule has 0 spiro atoms. The number of phosphoric acid groups is 1. The van der Waals surface area contributed by atoms with E-state index < -0.39 is 7.82 Å². The summed E-state index contributed by atoms with van der Waals surface area (Å²) in [6.45, 7) is 3.38. The number of aliphatic hydroxyl groups is 1. The number of amides is 1. The third-order valence-corrected chi connectivity index (χ3v) is 6.37. The Morgan fingerprint density at radius 1 is 0.917 bits per heavy atom. The highest BCUT2D eigenvalue weighted by Gasteiger charge is 2.17. The van der Waals surface area contributed by atoms with Crippen molar-refractivity contribution < 1.29 is 33.5 Å². The number of unbranched alkanes of at least 4 members (excludes halogenated alkanes) is 9. The zero-order chi connectivity index (χ0) is 25.8. The number of rotatable bonds is 22. The van der Waals surface area contributed by atoms with Crippen LogP contribution in [0.1, 0.15) is 89.5 Å². The summed E-state index contributed by atoms with van der Waals surface area (Å²) < 4.78 is 21.3. The Morgan fingerprint density at radius 2 is 1.58 bits per heavy atom. The number of phosphoric ester groups is 1. The van der Waals surface area contributed by atoms with Gasteiger partial charge in [-0.2, -0.15) is 0 Å². The fourth-order valence-corrected chi connectivity index (χ4v) is 4.17. The van der Waals surface area contributed by atoms with E-state index in [1.165, 1.54) is 44.9 Å². The lowest BCUT2D eigenvalue weighted by atomic mass is 10.1. The molecule has 210 valence electrons. The molecule has 0 saturated heterocycles. The summed E-state index contributed by atoms with van der Waals surface area (Å²) in [5.74, 6) is 0.724. The van der Waals surface area contributed by atoms with Crippen LogP contribution in [0.2, 0.25) is 0 Å². The number of nitrogens with zero attached hydrogens (tertiary/aromatic N) is 1. The Bertz CT molecular complexity index is 730. The van der Waals surface area contributed by atoms with Gasteiger partial charge in [0.2, 0.25) is 5.91 Å². The van der Waals surface area contributed by atoms with Crippen molar-refractivity contribution in [3.05, 3.63) is 29.8 Å². The average Bonchev–Trinajstić information content (AvgIpc) is 2.82. The summed E-state index contributed by atoms with van der Waals surface area (Å²) in [4.78, 5) is 32.1. The minimum atomic E-state index is -4.56. The van der Waals surface area contributed by atoms with Crippen LogP contribution in [0.4, 0.5) is 0 Å². The summed E-state index contributed by atoms with van der Waals surface area (Å²) in [7, 11) is -4.56. The van der Waals surface area contributed by atoms with Crippen LogP contribution >= 0.6 is 7.82 Å². The van der Waals surface area contributed by atoms with Gasteiger partial charge in [-0.1, -0.05) is 64.0 Å². The van der Waals surface area contributed by atoms with Gasteiger partial charge in [0, 0.05) is 26.1 Å². The number of hydrogen-bond acceptors (Lipinski definition) is 6. The molecule has 1 amide bonds. The monoisotopic (exact) mass is 532 g/mol. The second-order valence-corrected chi connectivity index (χ2v) is 10.2. The summed E-state index contributed by atoms with van der Waals surface area (Å²) >= 11 is 0. The van der Waals surface area contributed by atoms with Crippen molar-refractivity contribution in [2.45, 2.75) is 90.4 Å². The Morgan fingerprint density at radius 3 is 2.25 bits per heavy atom. The Kier molecular flexibility index (Phi) is 20.7. The molecule has 0 aromatic heterocycles. The number of hydrogen-bond donors (Lipinski definition) is 4. The molecular weight excluding hydrogens is 483 g/mol. The van der Waals surface area contributed by atoms with Crippen LogP contribution in [0.15, 0.2) is 24.3 Å². The summed E-state index contributed by atoms with van der Waals surface area (Å²) in [5, 5.41) is 8.94. The van der Waals surface area contributed by atoms with Gasteiger partial charge in [0.25, 0.3) is 0 Å². The Hall–Kier alpha value is -1.48. The van der Waals surface area contributed by atoms with Gasteiger partial charge in [-0.05, 0) is 49.8 Å². The molecule has 0 bridgehead atoms. The van der Waals surface area contributed by atoms with Gasteiger partial charge in [0.15, 0.2) is 0 Å². The molecule has 9 nitrogen and oxygen atoms in total. The smallest absolute Gasteiger partial charge is 0.469 e. The van der Waals surface area contributed by atoms with Crippen LogP contribution in [-0.4, -0.2) is 58.6 Å². The molecule has 36 heavy (non-hydrogen) atoms. The fourth-order valence-electron chi connectivity index (χ4n) is 3.85. The fraction of sp³-hybridized carbons (Fsp3) is 0.731. The minimum absolute atomic E-state index is 0. The van der Waals surface area contributed by atoms with Crippen molar-refractivity contribution >= 4 is 13.7 Å². The molecule has 6 N–H and O–H groups in total. The maximum atomic E-state index is 12.8. The largest absolute Gasteiger partial charge is 0.494 e. The van der Waals surface area contributed by atoms with Gasteiger partial charge < -0.3 is 30.7 Å². The summed E-state index contributed by atoms with van der Waals surface area (Å²) in [6, 6.07) is 7.81. The highest BCUT2D eigenvalue weighted by molar-refractivity contribution is 7.46. The number of benzene rings is 1. The van der Waals surface area contributed by atoms with Crippen molar-refractivity contribution in [1.82, 2.24) is 11.1 Å². The maximum Gasteiger partial charge on any atom is 0.469 e. The quantitative estimate of drug-likeness (QED) is 0.114. The van der Waals surface area contributed by atoms with Crippen molar-refractivity contribution in [3.8, 4) is 5.75 Å². The van der Waals surface area contributed by atoms with E-state index in [0.29, 0.717) is 32.4 Å². The third kappa shape index (κ3) is 18.7. The third-order valence-electron chi connectivity index (χ3n) is 5.85. The molecule has 0 saturated carbocycles. The van der Waals surface area contributed by atoms with Crippen LogP contribution in [0.5, 0.6) is 5.75 Å². The van der Waals surface area contributed by atoms with Crippen molar-refractivity contribution in [2.24, 2.45) is 0 Å².